The lowest BCUT2D eigenvalue weighted by Crippen LogP contribution is -2.32. The van der Waals surface area contributed by atoms with E-state index in [4.69, 9.17) is 4.98 Å². The second-order valence-electron chi connectivity index (χ2n) is 8.91. The number of hydrogen-bond donors (Lipinski definition) is 0. The van der Waals surface area contributed by atoms with E-state index < -0.39 is 0 Å². The van der Waals surface area contributed by atoms with Gasteiger partial charge >= 0.3 is 0 Å². The molecule has 0 bridgehead atoms. The number of para-hydroxylation sites is 2. The number of likely N-dealkylation sites (tertiary alicyclic amines) is 1. The van der Waals surface area contributed by atoms with Crippen molar-refractivity contribution in [3.63, 3.8) is 0 Å². The zero-order valence-electron chi connectivity index (χ0n) is 19.1. The SMILES string of the molecule is O=C(CCn1c(C(c2ccccc2)c2ccccc2)nc2ccccc21)N1CCCCCC1. The maximum Gasteiger partial charge on any atom is 0.224 e. The lowest BCUT2D eigenvalue weighted by Gasteiger charge is -2.22. The molecule has 4 heteroatoms. The van der Waals surface area contributed by atoms with Gasteiger partial charge in [-0.25, -0.2) is 4.98 Å². The molecular formula is C29H31N3O. The van der Waals surface area contributed by atoms with Gasteiger partial charge in [-0.2, -0.15) is 0 Å². The molecule has 33 heavy (non-hydrogen) atoms. The Bertz CT molecular complexity index is 1150. The molecule has 0 unspecified atom stereocenters. The van der Waals surface area contributed by atoms with Crippen LogP contribution >= 0.6 is 0 Å². The molecule has 1 aromatic heterocycles. The molecule has 1 aliphatic rings. The minimum atomic E-state index is 0.00749. The van der Waals surface area contributed by atoms with Crippen LogP contribution in [0.2, 0.25) is 0 Å². The third-order valence-electron chi connectivity index (χ3n) is 6.72. The summed E-state index contributed by atoms with van der Waals surface area (Å²) in [6.45, 7) is 2.43. The summed E-state index contributed by atoms with van der Waals surface area (Å²) in [7, 11) is 0. The summed E-state index contributed by atoms with van der Waals surface area (Å²) in [4.78, 5) is 20.3. The van der Waals surface area contributed by atoms with Gasteiger partial charge in [0.2, 0.25) is 5.91 Å². The Balaban J connectivity index is 1.53. The summed E-state index contributed by atoms with van der Waals surface area (Å²) in [5.74, 6) is 1.27. The smallest absolute Gasteiger partial charge is 0.224 e. The number of amides is 1. The van der Waals surface area contributed by atoms with E-state index in [0.717, 1.165) is 42.8 Å². The predicted molar refractivity (Wildman–Crippen MR) is 133 cm³/mol. The second kappa shape index (κ2) is 10.0. The predicted octanol–water partition coefficient (Wildman–Crippen LogP) is 6.01. The van der Waals surface area contributed by atoms with Crippen LogP contribution in [0.4, 0.5) is 0 Å². The van der Waals surface area contributed by atoms with Gasteiger partial charge in [0.05, 0.1) is 17.0 Å². The van der Waals surface area contributed by atoms with Crippen molar-refractivity contribution in [2.45, 2.75) is 44.6 Å². The fourth-order valence-electron chi connectivity index (χ4n) is 5.02. The molecule has 5 rings (SSSR count). The van der Waals surface area contributed by atoms with Crippen molar-refractivity contribution >= 4 is 16.9 Å². The molecule has 0 aliphatic carbocycles. The molecule has 1 saturated heterocycles. The Kier molecular flexibility index (Phi) is 6.52. The summed E-state index contributed by atoms with van der Waals surface area (Å²) in [5.41, 5.74) is 4.48. The molecule has 0 radical (unpaired) electrons. The van der Waals surface area contributed by atoms with Crippen molar-refractivity contribution in [2.75, 3.05) is 13.1 Å². The van der Waals surface area contributed by atoms with Gasteiger partial charge in [-0.05, 0) is 36.1 Å². The Labute approximate surface area is 195 Å². The molecule has 0 atom stereocenters. The molecule has 1 amide bonds. The Morgan fingerprint density at radius 2 is 1.33 bits per heavy atom. The van der Waals surface area contributed by atoms with Crippen LogP contribution < -0.4 is 0 Å². The molecule has 4 nitrogen and oxygen atoms in total. The molecule has 0 saturated carbocycles. The molecule has 0 spiro atoms. The van der Waals surface area contributed by atoms with Crippen LogP contribution in [0.15, 0.2) is 84.9 Å². The van der Waals surface area contributed by atoms with E-state index in [1.807, 2.05) is 18.2 Å². The van der Waals surface area contributed by atoms with Crippen molar-refractivity contribution in [1.29, 1.82) is 0 Å². The minimum absolute atomic E-state index is 0.00749. The van der Waals surface area contributed by atoms with E-state index >= 15 is 0 Å². The van der Waals surface area contributed by atoms with Gasteiger partial charge in [0, 0.05) is 26.1 Å². The van der Waals surface area contributed by atoms with Crippen LogP contribution in [0.3, 0.4) is 0 Å². The zero-order valence-corrected chi connectivity index (χ0v) is 19.1. The van der Waals surface area contributed by atoms with Crippen LogP contribution in [0.1, 0.15) is 55.0 Å². The van der Waals surface area contributed by atoms with Crippen molar-refractivity contribution < 1.29 is 4.79 Å². The largest absolute Gasteiger partial charge is 0.343 e. The number of aromatic nitrogens is 2. The highest BCUT2D eigenvalue weighted by molar-refractivity contribution is 5.78. The van der Waals surface area contributed by atoms with Crippen LogP contribution in [-0.2, 0) is 11.3 Å². The summed E-state index contributed by atoms with van der Waals surface area (Å²) in [5, 5.41) is 0. The highest BCUT2D eigenvalue weighted by atomic mass is 16.2. The monoisotopic (exact) mass is 437 g/mol. The molecule has 4 aromatic rings. The first-order valence-corrected chi connectivity index (χ1v) is 12.1. The van der Waals surface area contributed by atoms with Crippen LogP contribution in [0.25, 0.3) is 11.0 Å². The van der Waals surface area contributed by atoms with Gasteiger partial charge in [0.1, 0.15) is 5.82 Å². The van der Waals surface area contributed by atoms with Crippen LogP contribution in [0, 0.1) is 0 Å². The van der Waals surface area contributed by atoms with Crippen molar-refractivity contribution in [3.05, 3.63) is 102 Å². The first-order chi connectivity index (χ1) is 16.3. The van der Waals surface area contributed by atoms with E-state index in [-0.39, 0.29) is 11.8 Å². The molecule has 3 aromatic carbocycles. The fraction of sp³-hybridized carbons (Fsp3) is 0.310. The zero-order chi connectivity index (χ0) is 22.5. The molecule has 0 N–H and O–H groups in total. The van der Waals surface area contributed by atoms with Gasteiger partial charge < -0.3 is 9.47 Å². The Hall–Kier alpha value is -3.40. The first-order valence-electron chi connectivity index (χ1n) is 12.1. The molecule has 1 aliphatic heterocycles. The number of benzene rings is 3. The van der Waals surface area contributed by atoms with Gasteiger partial charge in [-0.1, -0.05) is 85.6 Å². The third-order valence-corrected chi connectivity index (χ3v) is 6.72. The summed E-state index contributed by atoms with van der Waals surface area (Å²) >= 11 is 0. The molecule has 168 valence electrons. The summed E-state index contributed by atoms with van der Waals surface area (Å²) in [6.07, 6.45) is 5.21. The average Bonchev–Trinajstić information content (AvgIpc) is 3.02. The Morgan fingerprint density at radius 3 is 1.97 bits per heavy atom. The van der Waals surface area contributed by atoms with Gasteiger partial charge in [0.25, 0.3) is 0 Å². The normalized spacial score (nSPS) is 14.5. The Morgan fingerprint density at radius 1 is 0.758 bits per heavy atom. The summed E-state index contributed by atoms with van der Waals surface area (Å²) < 4.78 is 2.27. The van der Waals surface area contributed by atoms with E-state index in [0.29, 0.717) is 13.0 Å². The van der Waals surface area contributed by atoms with Crippen LogP contribution in [0.5, 0.6) is 0 Å². The van der Waals surface area contributed by atoms with Crippen molar-refractivity contribution in [3.8, 4) is 0 Å². The molecule has 2 heterocycles. The van der Waals surface area contributed by atoms with E-state index in [9.17, 15) is 4.79 Å². The number of carbonyl (C=O) groups excluding carboxylic acids is 1. The quantitative estimate of drug-likeness (QED) is 0.370. The van der Waals surface area contributed by atoms with E-state index in [2.05, 4.69) is 76.2 Å². The minimum Gasteiger partial charge on any atom is -0.343 e. The molecule has 1 fully saturated rings. The number of rotatable bonds is 6. The number of fused-ring (bicyclic) bond motifs is 1. The van der Waals surface area contributed by atoms with Gasteiger partial charge in [-0.15, -0.1) is 0 Å². The van der Waals surface area contributed by atoms with Gasteiger partial charge in [-0.3, -0.25) is 4.79 Å². The fourth-order valence-corrected chi connectivity index (χ4v) is 5.02. The second-order valence-corrected chi connectivity index (χ2v) is 8.91. The topological polar surface area (TPSA) is 38.1 Å². The first kappa shape index (κ1) is 21.4. The number of imidazole rings is 1. The van der Waals surface area contributed by atoms with Crippen molar-refractivity contribution in [2.24, 2.45) is 0 Å². The number of nitrogens with zero attached hydrogens (tertiary/aromatic N) is 3. The summed E-state index contributed by atoms with van der Waals surface area (Å²) in [6, 6.07) is 29.4. The lowest BCUT2D eigenvalue weighted by atomic mass is 9.90. The highest BCUT2D eigenvalue weighted by Gasteiger charge is 2.24. The van der Waals surface area contributed by atoms with E-state index in [1.165, 1.54) is 24.0 Å². The number of hydrogen-bond acceptors (Lipinski definition) is 2. The highest BCUT2D eigenvalue weighted by Crippen LogP contribution is 2.33. The maximum absolute atomic E-state index is 13.1. The average molecular weight is 438 g/mol. The molecular weight excluding hydrogens is 406 g/mol. The van der Waals surface area contributed by atoms with Gasteiger partial charge in [0.15, 0.2) is 0 Å². The van der Waals surface area contributed by atoms with Crippen molar-refractivity contribution in [1.82, 2.24) is 14.5 Å². The lowest BCUT2D eigenvalue weighted by molar-refractivity contribution is -0.131. The van der Waals surface area contributed by atoms with E-state index in [1.54, 1.807) is 0 Å². The standard InChI is InChI=1S/C29H31N3O/c33-27(31-20-11-1-2-12-21-31)19-22-32-26-18-10-9-17-25(26)30-29(32)28(23-13-5-3-6-14-23)24-15-7-4-8-16-24/h3-10,13-18,28H,1-2,11-12,19-22H2. The number of carbonyl (C=O) groups is 1. The third kappa shape index (κ3) is 4.70. The number of aryl methyl sites for hydroxylation is 1. The maximum atomic E-state index is 13.1. The van der Waals surface area contributed by atoms with Crippen LogP contribution in [-0.4, -0.2) is 33.4 Å².